The van der Waals surface area contributed by atoms with Crippen molar-refractivity contribution in [3.05, 3.63) is 47.7 Å². The van der Waals surface area contributed by atoms with E-state index >= 15 is 0 Å². The number of nitrogens with zero attached hydrogens (tertiary/aromatic N) is 3. The molecule has 3 rings (SSSR count). The van der Waals surface area contributed by atoms with Gasteiger partial charge in [0.25, 0.3) is 5.91 Å². The average molecular weight is 326 g/mol. The zero-order valence-corrected chi connectivity index (χ0v) is 13.3. The Morgan fingerprint density at radius 3 is 2.79 bits per heavy atom. The van der Waals surface area contributed by atoms with E-state index in [2.05, 4.69) is 15.5 Å². The van der Waals surface area contributed by atoms with Crippen LogP contribution in [-0.4, -0.2) is 44.7 Å². The van der Waals surface area contributed by atoms with E-state index in [1.165, 1.54) is 4.90 Å². The van der Waals surface area contributed by atoms with Crippen molar-refractivity contribution >= 4 is 23.4 Å². The van der Waals surface area contributed by atoms with Crippen LogP contribution in [0.15, 0.2) is 36.4 Å². The van der Waals surface area contributed by atoms with Gasteiger partial charge in [-0.25, -0.2) is 4.79 Å². The van der Waals surface area contributed by atoms with Crippen molar-refractivity contribution in [2.75, 3.05) is 11.9 Å². The molecule has 7 nitrogen and oxygen atoms in total. The molecule has 1 aromatic heterocycles. The van der Waals surface area contributed by atoms with Crippen LogP contribution in [0, 0.1) is 6.92 Å². The van der Waals surface area contributed by atoms with Gasteiger partial charge in [0.1, 0.15) is 6.04 Å². The number of likely N-dealkylation sites (tertiary alicyclic amines) is 1. The number of aliphatic carboxylic acids is 1. The molecule has 2 aromatic rings. The first-order valence-electron chi connectivity index (χ1n) is 7.76. The lowest BCUT2D eigenvalue weighted by Crippen LogP contribution is -2.40. The molecule has 0 saturated carbocycles. The maximum atomic E-state index is 12.6. The molecular weight excluding hydrogens is 308 g/mol. The summed E-state index contributed by atoms with van der Waals surface area (Å²) in [5, 5.41) is 20.3. The standard InChI is InChI=1S/C17H18N4O3/c1-11-7-8-15(20-19-11)18-13-5-2-4-12(10-13)16(22)21-9-3-6-14(21)17(23)24/h2,4-5,7-8,10,14H,3,6,9H2,1H3,(H,18,20)(H,23,24). The fourth-order valence-corrected chi connectivity index (χ4v) is 2.78. The molecule has 0 radical (unpaired) electrons. The van der Waals surface area contributed by atoms with Crippen molar-refractivity contribution in [3.63, 3.8) is 0 Å². The molecule has 1 amide bonds. The molecule has 1 aliphatic rings. The summed E-state index contributed by atoms with van der Waals surface area (Å²) in [6.07, 6.45) is 1.21. The summed E-state index contributed by atoms with van der Waals surface area (Å²) in [5.74, 6) is -0.640. The quantitative estimate of drug-likeness (QED) is 0.894. The predicted octanol–water partition coefficient (Wildman–Crippen LogP) is 2.22. The van der Waals surface area contributed by atoms with Crippen molar-refractivity contribution in [2.45, 2.75) is 25.8 Å². The van der Waals surface area contributed by atoms with E-state index < -0.39 is 12.0 Å². The second kappa shape index (κ2) is 6.66. The molecule has 1 aliphatic heterocycles. The van der Waals surface area contributed by atoms with Gasteiger partial charge >= 0.3 is 5.97 Å². The second-order valence-electron chi connectivity index (χ2n) is 5.76. The highest BCUT2D eigenvalue weighted by atomic mass is 16.4. The third kappa shape index (κ3) is 3.34. The minimum absolute atomic E-state index is 0.265. The molecule has 24 heavy (non-hydrogen) atoms. The predicted molar refractivity (Wildman–Crippen MR) is 88.2 cm³/mol. The molecule has 124 valence electrons. The fraction of sp³-hybridized carbons (Fsp3) is 0.294. The molecule has 7 heteroatoms. The maximum Gasteiger partial charge on any atom is 0.326 e. The highest BCUT2D eigenvalue weighted by Gasteiger charge is 2.34. The molecule has 0 aliphatic carbocycles. The number of hydrogen-bond acceptors (Lipinski definition) is 5. The maximum absolute atomic E-state index is 12.6. The summed E-state index contributed by atoms with van der Waals surface area (Å²) in [7, 11) is 0. The Labute approximate surface area is 139 Å². The number of aryl methyl sites for hydroxylation is 1. The highest BCUT2D eigenvalue weighted by Crippen LogP contribution is 2.22. The molecule has 1 saturated heterocycles. The van der Waals surface area contributed by atoms with Crippen LogP contribution < -0.4 is 5.32 Å². The van der Waals surface area contributed by atoms with Crippen molar-refractivity contribution in [1.29, 1.82) is 0 Å². The zero-order chi connectivity index (χ0) is 17.1. The number of aromatic nitrogens is 2. The van der Waals surface area contributed by atoms with E-state index in [1.807, 2.05) is 19.1 Å². The summed E-state index contributed by atoms with van der Waals surface area (Å²) in [4.78, 5) is 25.3. The third-order valence-corrected chi connectivity index (χ3v) is 3.98. The molecule has 0 spiro atoms. The topological polar surface area (TPSA) is 95.4 Å². The van der Waals surface area contributed by atoms with Crippen LogP contribution in [0.25, 0.3) is 0 Å². The van der Waals surface area contributed by atoms with Crippen LogP contribution in [0.1, 0.15) is 28.9 Å². The van der Waals surface area contributed by atoms with Crippen LogP contribution >= 0.6 is 0 Å². The summed E-state index contributed by atoms with van der Waals surface area (Å²) < 4.78 is 0. The Hall–Kier alpha value is -2.96. The molecule has 1 fully saturated rings. The number of nitrogens with one attached hydrogen (secondary N) is 1. The van der Waals surface area contributed by atoms with E-state index in [0.717, 1.165) is 5.69 Å². The normalized spacial score (nSPS) is 16.9. The number of carbonyl (C=O) groups excluding carboxylic acids is 1. The van der Waals surface area contributed by atoms with Gasteiger partial charge in [0, 0.05) is 17.8 Å². The monoisotopic (exact) mass is 326 g/mol. The lowest BCUT2D eigenvalue weighted by molar-refractivity contribution is -0.141. The number of benzene rings is 1. The molecule has 1 unspecified atom stereocenters. The van der Waals surface area contributed by atoms with Crippen molar-refractivity contribution < 1.29 is 14.7 Å². The Morgan fingerprint density at radius 1 is 1.25 bits per heavy atom. The van der Waals surface area contributed by atoms with Crippen LogP contribution in [-0.2, 0) is 4.79 Å². The number of hydrogen-bond donors (Lipinski definition) is 2. The number of anilines is 2. The smallest absolute Gasteiger partial charge is 0.326 e. The number of carboxylic acid groups (broad SMARTS) is 1. The van der Waals surface area contributed by atoms with Gasteiger partial charge < -0.3 is 15.3 Å². The average Bonchev–Trinajstić information content (AvgIpc) is 3.06. The van der Waals surface area contributed by atoms with Gasteiger partial charge in [-0.05, 0) is 50.1 Å². The third-order valence-electron chi connectivity index (χ3n) is 3.98. The van der Waals surface area contributed by atoms with Crippen LogP contribution in [0.4, 0.5) is 11.5 Å². The Balaban J connectivity index is 1.78. The SMILES string of the molecule is Cc1ccc(Nc2cccc(C(=O)N3CCCC3C(=O)O)c2)nn1. The van der Waals surface area contributed by atoms with Crippen molar-refractivity contribution in [2.24, 2.45) is 0 Å². The molecular formula is C17H18N4O3. The highest BCUT2D eigenvalue weighted by molar-refractivity contribution is 5.97. The number of carbonyl (C=O) groups is 2. The lowest BCUT2D eigenvalue weighted by Gasteiger charge is -2.21. The zero-order valence-electron chi connectivity index (χ0n) is 13.3. The first-order valence-corrected chi connectivity index (χ1v) is 7.76. The van der Waals surface area contributed by atoms with Crippen LogP contribution in [0.5, 0.6) is 0 Å². The summed E-state index contributed by atoms with van der Waals surface area (Å²) in [6, 6.07) is 9.85. The van der Waals surface area contributed by atoms with Crippen LogP contribution in [0.3, 0.4) is 0 Å². The molecule has 0 bridgehead atoms. The Bertz CT molecular complexity index is 761. The Kier molecular flexibility index (Phi) is 4.41. The Morgan fingerprint density at radius 2 is 2.08 bits per heavy atom. The van der Waals surface area contributed by atoms with E-state index in [4.69, 9.17) is 0 Å². The summed E-state index contributed by atoms with van der Waals surface area (Å²) >= 11 is 0. The first kappa shape index (κ1) is 15.9. The lowest BCUT2D eigenvalue weighted by atomic mass is 10.1. The number of carboxylic acids is 1. The van der Waals surface area contributed by atoms with E-state index in [0.29, 0.717) is 36.5 Å². The van der Waals surface area contributed by atoms with Gasteiger partial charge in [0.2, 0.25) is 0 Å². The van der Waals surface area contributed by atoms with Gasteiger partial charge in [-0.15, -0.1) is 5.10 Å². The fourth-order valence-electron chi connectivity index (χ4n) is 2.78. The molecule has 1 aromatic carbocycles. The number of amides is 1. The molecule has 2 N–H and O–H groups in total. The number of rotatable bonds is 4. The van der Waals surface area contributed by atoms with Gasteiger partial charge in [-0.2, -0.15) is 5.10 Å². The largest absolute Gasteiger partial charge is 0.480 e. The summed E-state index contributed by atoms with van der Waals surface area (Å²) in [6.45, 7) is 2.32. The minimum atomic E-state index is -0.954. The van der Waals surface area contributed by atoms with E-state index in [1.54, 1.807) is 24.3 Å². The van der Waals surface area contributed by atoms with Gasteiger partial charge in [0.15, 0.2) is 5.82 Å². The van der Waals surface area contributed by atoms with Crippen LogP contribution in [0.2, 0.25) is 0 Å². The van der Waals surface area contributed by atoms with Crippen molar-refractivity contribution in [3.8, 4) is 0 Å². The molecule has 1 atom stereocenters. The van der Waals surface area contributed by atoms with Gasteiger partial charge in [-0.1, -0.05) is 6.07 Å². The van der Waals surface area contributed by atoms with Crippen molar-refractivity contribution in [1.82, 2.24) is 15.1 Å². The molecule has 2 heterocycles. The van der Waals surface area contributed by atoms with Gasteiger partial charge in [-0.3, -0.25) is 4.79 Å². The minimum Gasteiger partial charge on any atom is -0.480 e. The first-order chi connectivity index (χ1) is 11.5. The summed E-state index contributed by atoms with van der Waals surface area (Å²) in [5.41, 5.74) is 1.97. The van der Waals surface area contributed by atoms with Gasteiger partial charge in [0.05, 0.1) is 5.69 Å². The second-order valence-corrected chi connectivity index (χ2v) is 5.76. The van der Waals surface area contributed by atoms with E-state index in [9.17, 15) is 14.7 Å². The van der Waals surface area contributed by atoms with E-state index in [-0.39, 0.29) is 5.91 Å².